The van der Waals surface area contributed by atoms with Crippen molar-refractivity contribution in [1.82, 2.24) is 5.06 Å². The van der Waals surface area contributed by atoms with Crippen molar-refractivity contribution in [2.75, 3.05) is 26.4 Å². The second kappa shape index (κ2) is 14.3. The topological polar surface area (TPSA) is 57.2 Å². The van der Waals surface area contributed by atoms with Gasteiger partial charge in [0, 0.05) is 39.0 Å². The van der Waals surface area contributed by atoms with Crippen LogP contribution >= 0.6 is 0 Å². The summed E-state index contributed by atoms with van der Waals surface area (Å²) in [5.74, 6) is 1.07. The minimum Gasteiger partial charge on any atom is -0.381 e. The van der Waals surface area contributed by atoms with Crippen LogP contribution in [0.4, 0.5) is 0 Å². The smallest absolute Gasteiger partial charge is 0.243 e. The number of allylic oxidation sites excluding steroid dienone is 2. The number of carbonyl (C=O) groups excluding carboxylic acids is 1. The van der Waals surface area contributed by atoms with Crippen LogP contribution in [0, 0.1) is 11.8 Å². The Bertz CT molecular complexity index is 562. The summed E-state index contributed by atoms with van der Waals surface area (Å²) >= 11 is 0. The molecule has 0 spiro atoms. The fraction of sp³-hybridized carbons (Fsp3) is 0.885. The molecule has 0 aromatic carbocycles. The van der Waals surface area contributed by atoms with E-state index in [1.54, 1.807) is 6.92 Å². The highest BCUT2D eigenvalue weighted by molar-refractivity contribution is 5.71. The lowest BCUT2D eigenvalue weighted by Gasteiger charge is -2.28. The van der Waals surface area contributed by atoms with E-state index in [1.807, 2.05) is 0 Å². The summed E-state index contributed by atoms with van der Waals surface area (Å²) in [7, 11) is 0. The fourth-order valence-corrected chi connectivity index (χ4v) is 5.22. The van der Waals surface area contributed by atoms with E-state index in [-0.39, 0.29) is 12.2 Å². The fourth-order valence-electron chi connectivity index (χ4n) is 5.22. The summed E-state index contributed by atoms with van der Waals surface area (Å²) in [5.41, 5.74) is 0. The van der Waals surface area contributed by atoms with Crippen molar-refractivity contribution in [2.24, 2.45) is 11.8 Å². The standard InChI is InChI=1S/C26H45NO5/c1-3-4-5-11-18-29-20-23-22(24-15-16-25(23)31-24)13-8-6-7-10-17-27(21(2)28)32-26-14-9-12-19-30-26/h6,8,22-26H,3-5,7,9-20H2,1-2H3/b8-6-/t22?,23-,24+,25-,26+/m0/s1. The zero-order chi connectivity index (χ0) is 22.6. The summed E-state index contributed by atoms with van der Waals surface area (Å²) in [6, 6.07) is 0. The largest absolute Gasteiger partial charge is 0.381 e. The van der Waals surface area contributed by atoms with E-state index >= 15 is 0 Å². The van der Waals surface area contributed by atoms with Crippen LogP contribution in [0.2, 0.25) is 0 Å². The highest BCUT2D eigenvalue weighted by Crippen LogP contribution is 2.45. The van der Waals surface area contributed by atoms with E-state index in [0.717, 1.165) is 58.3 Å². The van der Waals surface area contributed by atoms with Gasteiger partial charge in [-0.3, -0.25) is 4.79 Å². The monoisotopic (exact) mass is 451 g/mol. The first-order valence-electron chi connectivity index (χ1n) is 13.1. The van der Waals surface area contributed by atoms with Crippen molar-refractivity contribution >= 4 is 5.91 Å². The Kier molecular flexibility index (Phi) is 11.5. The van der Waals surface area contributed by atoms with Crippen molar-refractivity contribution in [3.05, 3.63) is 12.2 Å². The Labute approximate surface area is 194 Å². The van der Waals surface area contributed by atoms with Crippen molar-refractivity contribution in [3.8, 4) is 0 Å². The van der Waals surface area contributed by atoms with Gasteiger partial charge < -0.3 is 14.2 Å². The molecule has 5 atom stereocenters. The Morgan fingerprint density at radius 2 is 1.88 bits per heavy atom. The molecule has 6 nitrogen and oxygen atoms in total. The Morgan fingerprint density at radius 1 is 1.03 bits per heavy atom. The lowest BCUT2D eigenvalue weighted by Crippen LogP contribution is -2.36. The number of nitrogens with zero attached hydrogens (tertiary/aromatic N) is 1. The van der Waals surface area contributed by atoms with E-state index in [1.165, 1.54) is 43.6 Å². The van der Waals surface area contributed by atoms with E-state index in [4.69, 9.17) is 19.0 Å². The third kappa shape index (κ3) is 8.12. The molecule has 0 N–H and O–H groups in total. The summed E-state index contributed by atoms with van der Waals surface area (Å²) < 4.78 is 17.8. The normalized spacial score (nSPS) is 29.8. The number of fused-ring (bicyclic) bond motifs is 2. The molecule has 32 heavy (non-hydrogen) atoms. The maximum atomic E-state index is 11.9. The number of unbranched alkanes of at least 4 members (excludes halogenated alkanes) is 4. The van der Waals surface area contributed by atoms with Crippen LogP contribution in [-0.2, 0) is 23.8 Å². The van der Waals surface area contributed by atoms with Gasteiger partial charge in [-0.15, -0.1) is 0 Å². The Balaban J connectivity index is 1.32. The van der Waals surface area contributed by atoms with Gasteiger partial charge in [0.25, 0.3) is 0 Å². The third-order valence-corrected chi connectivity index (χ3v) is 7.08. The molecule has 0 radical (unpaired) electrons. The molecule has 0 aromatic heterocycles. The lowest BCUT2D eigenvalue weighted by atomic mass is 9.78. The van der Waals surface area contributed by atoms with Crippen LogP contribution in [0.1, 0.15) is 90.9 Å². The van der Waals surface area contributed by atoms with E-state index in [9.17, 15) is 4.79 Å². The number of amides is 1. The number of hydroxylamine groups is 2. The van der Waals surface area contributed by atoms with Gasteiger partial charge in [-0.2, -0.15) is 0 Å². The van der Waals surface area contributed by atoms with Gasteiger partial charge in [-0.05, 0) is 57.3 Å². The molecule has 3 rings (SSSR count). The predicted octanol–water partition coefficient (Wildman–Crippen LogP) is 5.41. The molecule has 2 bridgehead atoms. The molecular weight excluding hydrogens is 406 g/mol. The molecule has 3 aliphatic heterocycles. The van der Waals surface area contributed by atoms with Crippen LogP contribution in [0.3, 0.4) is 0 Å². The van der Waals surface area contributed by atoms with Crippen LogP contribution < -0.4 is 0 Å². The van der Waals surface area contributed by atoms with Crippen molar-refractivity contribution in [3.63, 3.8) is 0 Å². The summed E-state index contributed by atoms with van der Waals surface area (Å²) in [5, 5.41) is 1.47. The predicted molar refractivity (Wildman–Crippen MR) is 125 cm³/mol. The zero-order valence-electron chi connectivity index (χ0n) is 20.3. The first-order valence-corrected chi connectivity index (χ1v) is 13.1. The molecule has 1 amide bonds. The van der Waals surface area contributed by atoms with Gasteiger partial charge in [0.1, 0.15) is 0 Å². The molecular formula is C26H45NO5. The maximum absolute atomic E-state index is 11.9. The second-order valence-corrected chi connectivity index (χ2v) is 9.63. The number of rotatable bonds is 15. The third-order valence-electron chi connectivity index (χ3n) is 7.08. The van der Waals surface area contributed by atoms with Gasteiger partial charge in [0.2, 0.25) is 5.91 Å². The number of carbonyl (C=O) groups is 1. The molecule has 3 aliphatic rings. The van der Waals surface area contributed by atoms with E-state index in [2.05, 4.69) is 19.1 Å². The molecule has 0 aromatic rings. The quantitative estimate of drug-likeness (QED) is 0.189. The van der Waals surface area contributed by atoms with Gasteiger partial charge in [0.15, 0.2) is 6.29 Å². The zero-order valence-corrected chi connectivity index (χ0v) is 20.3. The van der Waals surface area contributed by atoms with Gasteiger partial charge in [0.05, 0.1) is 18.8 Å². The molecule has 184 valence electrons. The van der Waals surface area contributed by atoms with Gasteiger partial charge >= 0.3 is 0 Å². The number of ether oxygens (including phenoxy) is 3. The van der Waals surface area contributed by atoms with Crippen LogP contribution in [0.5, 0.6) is 0 Å². The van der Waals surface area contributed by atoms with Crippen molar-refractivity contribution in [1.29, 1.82) is 0 Å². The Hall–Kier alpha value is -0.950. The summed E-state index contributed by atoms with van der Waals surface area (Å²) in [6.07, 6.45) is 18.4. The van der Waals surface area contributed by atoms with Gasteiger partial charge in [-0.25, -0.2) is 9.90 Å². The number of hydrogen-bond donors (Lipinski definition) is 0. The number of hydrogen-bond acceptors (Lipinski definition) is 5. The molecule has 3 fully saturated rings. The van der Waals surface area contributed by atoms with E-state index < -0.39 is 0 Å². The highest BCUT2D eigenvalue weighted by Gasteiger charge is 2.48. The molecule has 0 aliphatic carbocycles. The molecule has 6 heteroatoms. The lowest BCUT2D eigenvalue weighted by molar-refractivity contribution is -0.279. The molecule has 3 saturated heterocycles. The SMILES string of the molecule is CCCCCCOC[C@H]1C(C/C=C\CCCN(O[C@@H]2CCCCO2)C(C)=O)[C@H]2CC[C@@H]1O2. The molecule has 3 heterocycles. The average Bonchev–Trinajstić information content (AvgIpc) is 3.40. The first kappa shape index (κ1) is 25.7. The van der Waals surface area contributed by atoms with Crippen molar-refractivity contribution < 1.29 is 23.8 Å². The maximum Gasteiger partial charge on any atom is 0.243 e. The van der Waals surface area contributed by atoms with Crippen LogP contribution in [-0.4, -0.2) is 55.8 Å². The first-order chi connectivity index (χ1) is 15.7. The minimum atomic E-state index is -0.272. The molecule has 1 unspecified atom stereocenters. The van der Waals surface area contributed by atoms with E-state index in [0.29, 0.717) is 30.6 Å². The second-order valence-electron chi connectivity index (χ2n) is 9.63. The minimum absolute atomic E-state index is 0.0557. The summed E-state index contributed by atoms with van der Waals surface area (Å²) in [6.45, 7) is 6.85. The summed E-state index contributed by atoms with van der Waals surface area (Å²) in [4.78, 5) is 17.6. The Morgan fingerprint density at radius 3 is 2.62 bits per heavy atom. The average molecular weight is 452 g/mol. The van der Waals surface area contributed by atoms with Crippen molar-refractivity contribution in [2.45, 2.75) is 109 Å². The van der Waals surface area contributed by atoms with Gasteiger partial charge in [-0.1, -0.05) is 38.3 Å². The van der Waals surface area contributed by atoms with Crippen LogP contribution in [0.25, 0.3) is 0 Å². The highest BCUT2D eigenvalue weighted by atomic mass is 16.8. The molecule has 0 saturated carbocycles. The van der Waals surface area contributed by atoms with Crippen LogP contribution in [0.15, 0.2) is 12.2 Å².